The van der Waals surface area contributed by atoms with E-state index in [1.807, 2.05) is 18.2 Å². The molecule has 3 rings (SSSR count). The Hall–Kier alpha value is -2.48. The van der Waals surface area contributed by atoms with Crippen molar-refractivity contribution in [3.05, 3.63) is 87.4 Å². The fraction of sp³-hybridized carbons (Fsp3) is 0.0526. The molecular formula is C19H14FIN2O2. The minimum absolute atomic E-state index is 0.181. The molecule has 3 aromatic rings. The predicted octanol–water partition coefficient (Wildman–Crippen LogP) is 4.55. The fourth-order valence-corrected chi connectivity index (χ4v) is 2.74. The molecule has 4 nitrogen and oxygen atoms in total. The van der Waals surface area contributed by atoms with Gasteiger partial charge in [0.15, 0.2) is 0 Å². The maximum atomic E-state index is 13.3. The SMILES string of the molecule is O=C(NCc1cccnc1Oc1cccc(F)c1)c1cccc(I)c1. The summed E-state index contributed by atoms with van der Waals surface area (Å²) in [6.45, 7) is 0.253. The number of benzene rings is 2. The van der Waals surface area contributed by atoms with Crippen LogP contribution in [0, 0.1) is 9.39 Å². The Morgan fingerprint density at radius 2 is 1.96 bits per heavy atom. The van der Waals surface area contributed by atoms with Crippen LogP contribution in [0.1, 0.15) is 15.9 Å². The zero-order valence-corrected chi connectivity index (χ0v) is 15.2. The molecule has 0 aliphatic heterocycles. The first-order chi connectivity index (χ1) is 12.1. The number of carbonyl (C=O) groups excluding carboxylic acids is 1. The molecule has 0 bridgehead atoms. The number of nitrogens with one attached hydrogen (secondary N) is 1. The van der Waals surface area contributed by atoms with E-state index >= 15 is 0 Å². The lowest BCUT2D eigenvalue weighted by Gasteiger charge is -2.11. The normalized spacial score (nSPS) is 10.3. The van der Waals surface area contributed by atoms with Crippen molar-refractivity contribution >= 4 is 28.5 Å². The molecule has 126 valence electrons. The number of amides is 1. The highest BCUT2D eigenvalue weighted by Crippen LogP contribution is 2.23. The standard InChI is InChI=1S/C19H14FIN2O2/c20-15-6-2-8-17(11-15)25-19-14(5-3-9-22-19)12-23-18(24)13-4-1-7-16(21)10-13/h1-11H,12H2,(H,23,24). The van der Waals surface area contributed by atoms with Gasteiger partial charge in [-0.3, -0.25) is 4.79 Å². The molecule has 0 spiro atoms. The van der Waals surface area contributed by atoms with E-state index in [9.17, 15) is 9.18 Å². The molecule has 25 heavy (non-hydrogen) atoms. The van der Waals surface area contributed by atoms with Crippen molar-refractivity contribution in [1.82, 2.24) is 10.3 Å². The first-order valence-electron chi connectivity index (χ1n) is 7.53. The molecule has 1 amide bonds. The van der Waals surface area contributed by atoms with Gasteiger partial charge in [0, 0.05) is 33.5 Å². The van der Waals surface area contributed by atoms with Crippen molar-refractivity contribution in [1.29, 1.82) is 0 Å². The fourth-order valence-electron chi connectivity index (χ4n) is 2.20. The van der Waals surface area contributed by atoms with Crippen LogP contribution in [-0.2, 0) is 6.54 Å². The van der Waals surface area contributed by atoms with Crippen LogP contribution in [0.2, 0.25) is 0 Å². The topological polar surface area (TPSA) is 51.2 Å². The van der Waals surface area contributed by atoms with E-state index in [1.165, 1.54) is 12.1 Å². The Balaban J connectivity index is 1.72. The highest BCUT2D eigenvalue weighted by Gasteiger charge is 2.10. The summed E-state index contributed by atoms with van der Waals surface area (Å²) in [5.41, 5.74) is 1.29. The molecule has 6 heteroatoms. The predicted molar refractivity (Wildman–Crippen MR) is 101 cm³/mol. The van der Waals surface area contributed by atoms with Crippen molar-refractivity contribution in [3.8, 4) is 11.6 Å². The summed E-state index contributed by atoms with van der Waals surface area (Å²) in [4.78, 5) is 16.4. The minimum atomic E-state index is -0.387. The van der Waals surface area contributed by atoms with Crippen LogP contribution in [-0.4, -0.2) is 10.9 Å². The summed E-state index contributed by atoms with van der Waals surface area (Å²) < 4.78 is 19.9. The molecule has 1 heterocycles. The highest BCUT2D eigenvalue weighted by atomic mass is 127. The Bertz CT molecular complexity index is 902. The lowest BCUT2D eigenvalue weighted by atomic mass is 10.2. The Kier molecular flexibility index (Phi) is 5.60. The second-order valence-corrected chi connectivity index (χ2v) is 6.47. The number of carbonyl (C=O) groups is 1. The van der Waals surface area contributed by atoms with Crippen LogP contribution in [0.5, 0.6) is 11.6 Å². The molecule has 0 fully saturated rings. The zero-order valence-electron chi connectivity index (χ0n) is 13.1. The quantitative estimate of drug-likeness (QED) is 0.583. The number of nitrogens with zero attached hydrogens (tertiary/aromatic N) is 1. The van der Waals surface area contributed by atoms with Gasteiger partial charge in [-0.15, -0.1) is 0 Å². The van der Waals surface area contributed by atoms with E-state index < -0.39 is 0 Å². The number of ether oxygens (including phenoxy) is 1. The maximum Gasteiger partial charge on any atom is 0.251 e. The van der Waals surface area contributed by atoms with Gasteiger partial charge in [-0.25, -0.2) is 9.37 Å². The van der Waals surface area contributed by atoms with Crippen LogP contribution in [0.15, 0.2) is 66.9 Å². The van der Waals surface area contributed by atoms with E-state index in [1.54, 1.807) is 36.5 Å². The molecule has 0 atom stereocenters. The Morgan fingerprint density at radius 1 is 1.12 bits per heavy atom. The first-order valence-corrected chi connectivity index (χ1v) is 8.61. The molecule has 0 radical (unpaired) electrons. The van der Waals surface area contributed by atoms with Gasteiger partial charge in [0.2, 0.25) is 5.88 Å². The van der Waals surface area contributed by atoms with Crippen molar-refractivity contribution in [2.24, 2.45) is 0 Å². The molecule has 0 saturated heterocycles. The molecular weight excluding hydrogens is 434 g/mol. The van der Waals surface area contributed by atoms with Gasteiger partial charge >= 0.3 is 0 Å². The second-order valence-electron chi connectivity index (χ2n) is 5.22. The van der Waals surface area contributed by atoms with Crippen LogP contribution >= 0.6 is 22.6 Å². The third-order valence-electron chi connectivity index (χ3n) is 3.39. The summed E-state index contributed by atoms with van der Waals surface area (Å²) in [5, 5.41) is 2.84. The summed E-state index contributed by atoms with van der Waals surface area (Å²) in [6.07, 6.45) is 1.58. The van der Waals surface area contributed by atoms with Gasteiger partial charge in [-0.2, -0.15) is 0 Å². The van der Waals surface area contributed by atoms with Crippen molar-refractivity contribution in [2.75, 3.05) is 0 Å². The minimum Gasteiger partial charge on any atom is -0.439 e. The Morgan fingerprint density at radius 3 is 2.76 bits per heavy atom. The van der Waals surface area contributed by atoms with Crippen LogP contribution in [0.4, 0.5) is 4.39 Å². The smallest absolute Gasteiger partial charge is 0.251 e. The summed E-state index contributed by atoms with van der Waals surface area (Å²) >= 11 is 2.16. The molecule has 2 aromatic carbocycles. The average Bonchev–Trinajstić information content (AvgIpc) is 2.61. The number of hydrogen-bond acceptors (Lipinski definition) is 3. The van der Waals surface area contributed by atoms with Crippen molar-refractivity contribution < 1.29 is 13.9 Å². The molecule has 1 aromatic heterocycles. The lowest BCUT2D eigenvalue weighted by molar-refractivity contribution is 0.0950. The van der Waals surface area contributed by atoms with Crippen molar-refractivity contribution in [3.63, 3.8) is 0 Å². The molecule has 0 aliphatic rings. The first kappa shape index (κ1) is 17.3. The largest absolute Gasteiger partial charge is 0.439 e. The van der Waals surface area contributed by atoms with E-state index in [2.05, 4.69) is 32.9 Å². The second kappa shape index (κ2) is 8.06. The van der Waals surface area contributed by atoms with Gasteiger partial charge < -0.3 is 10.1 Å². The van der Waals surface area contributed by atoms with E-state index in [0.29, 0.717) is 22.8 Å². The van der Waals surface area contributed by atoms with E-state index in [4.69, 9.17) is 4.74 Å². The van der Waals surface area contributed by atoms with Crippen LogP contribution in [0.25, 0.3) is 0 Å². The summed E-state index contributed by atoms with van der Waals surface area (Å²) in [7, 11) is 0. The highest BCUT2D eigenvalue weighted by molar-refractivity contribution is 14.1. The number of rotatable bonds is 5. The van der Waals surface area contributed by atoms with Crippen molar-refractivity contribution in [2.45, 2.75) is 6.54 Å². The van der Waals surface area contributed by atoms with Gasteiger partial charge in [0.1, 0.15) is 11.6 Å². The van der Waals surface area contributed by atoms with Gasteiger partial charge in [-0.05, 0) is 59.0 Å². The van der Waals surface area contributed by atoms with E-state index in [-0.39, 0.29) is 18.3 Å². The monoisotopic (exact) mass is 448 g/mol. The summed E-state index contributed by atoms with van der Waals surface area (Å²) in [6, 6.07) is 16.7. The number of pyridine rings is 1. The van der Waals surface area contributed by atoms with Gasteiger partial charge in [0.05, 0.1) is 0 Å². The number of aromatic nitrogens is 1. The van der Waals surface area contributed by atoms with E-state index in [0.717, 1.165) is 3.57 Å². The maximum absolute atomic E-state index is 13.3. The molecule has 1 N–H and O–H groups in total. The Labute approximate surface area is 158 Å². The van der Waals surface area contributed by atoms with Crippen LogP contribution < -0.4 is 10.1 Å². The molecule has 0 aliphatic carbocycles. The van der Waals surface area contributed by atoms with Crippen LogP contribution in [0.3, 0.4) is 0 Å². The average molecular weight is 448 g/mol. The zero-order chi connectivity index (χ0) is 17.6. The third-order valence-corrected chi connectivity index (χ3v) is 4.06. The molecule has 0 unspecified atom stereocenters. The lowest BCUT2D eigenvalue weighted by Crippen LogP contribution is -2.23. The molecule has 0 saturated carbocycles. The summed E-state index contributed by atoms with van der Waals surface area (Å²) in [5.74, 6) is 0.112. The number of halogens is 2. The van der Waals surface area contributed by atoms with Gasteiger partial charge in [-0.1, -0.05) is 18.2 Å². The number of hydrogen-bond donors (Lipinski definition) is 1. The van der Waals surface area contributed by atoms with Gasteiger partial charge in [0.25, 0.3) is 5.91 Å². The third kappa shape index (κ3) is 4.76.